The van der Waals surface area contributed by atoms with Gasteiger partial charge in [0, 0.05) is 32.3 Å². The number of hydrogen-bond donors (Lipinski definition) is 2. The van der Waals surface area contributed by atoms with Crippen LogP contribution >= 0.6 is 11.8 Å². The van der Waals surface area contributed by atoms with Gasteiger partial charge in [-0.3, -0.25) is 9.98 Å². The predicted octanol–water partition coefficient (Wildman–Crippen LogP) is 2.37. The highest BCUT2D eigenvalue weighted by atomic mass is 32.2. The van der Waals surface area contributed by atoms with Gasteiger partial charge in [0.2, 0.25) is 0 Å². The summed E-state index contributed by atoms with van der Waals surface area (Å²) in [6.45, 7) is 4.42. The summed E-state index contributed by atoms with van der Waals surface area (Å²) < 4.78 is 5.26. The van der Waals surface area contributed by atoms with Crippen LogP contribution in [0.4, 0.5) is 0 Å². The van der Waals surface area contributed by atoms with Gasteiger partial charge in [-0.15, -0.1) is 0 Å². The number of nitrogens with zero attached hydrogens (tertiary/aromatic N) is 4. The Morgan fingerprint density at radius 1 is 1.28 bits per heavy atom. The van der Waals surface area contributed by atoms with Crippen molar-refractivity contribution in [3.05, 3.63) is 30.2 Å². The van der Waals surface area contributed by atoms with Crippen molar-refractivity contribution in [1.82, 2.24) is 25.8 Å². The zero-order chi connectivity index (χ0) is 17.7. The molecule has 0 aliphatic carbocycles. The van der Waals surface area contributed by atoms with Crippen LogP contribution in [0.15, 0.2) is 33.9 Å². The number of pyridine rings is 1. The second kappa shape index (κ2) is 11.5. The van der Waals surface area contributed by atoms with Crippen molar-refractivity contribution >= 4 is 17.7 Å². The zero-order valence-corrected chi connectivity index (χ0v) is 15.7. The SMILES string of the molecule is CCNC(=NCCCCSC)NCCc1noc(-c2ccccn2)n1. The molecule has 0 amide bonds. The van der Waals surface area contributed by atoms with Crippen LogP contribution < -0.4 is 10.6 Å². The van der Waals surface area contributed by atoms with E-state index in [1.807, 2.05) is 30.0 Å². The molecule has 2 aromatic heterocycles. The molecule has 0 atom stereocenters. The van der Waals surface area contributed by atoms with E-state index in [4.69, 9.17) is 4.52 Å². The number of aromatic nitrogens is 3. The monoisotopic (exact) mass is 362 g/mol. The van der Waals surface area contributed by atoms with Crippen LogP contribution in [0.25, 0.3) is 11.6 Å². The lowest BCUT2D eigenvalue weighted by Gasteiger charge is -2.10. The maximum atomic E-state index is 5.26. The van der Waals surface area contributed by atoms with Gasteiger partial charge < -0.3 is 15.2 Å². The van der Waals surface area contributed by atoms with Crippen molar-refractivity contribution in [2.45, 2.75) is 26.2 Å². The molecule has 2 heterocycles. The second-order valence-electron chi connectivity index (χ2n) is 5.37. The molecule has 0 aromatic carbocycles. The molecular weight excluding hydrogens is 336 g/mol. The smallest absolute Gasteiger partial charge is 0.276 e. The molecule has 0 spiro atoms. The van der Waals surface area contributed by atoms with E-state index in [1.165, 1.54) is 12.2 Å². The Hall–Kier alpha value is -2.09. The third kappa shape index (κ3) is 7.13. The first kappa shape index (κ1) is 19.2. The van der Waals surface area contributed by atoms with Crippen LogP contribution in [-0.2, 0) is 6.42 Å². The van der Waals surface area contributed by atoms with Crippen LogP contribution in [0.1, 0.15) is 25.6 Å². The molecule has 8 heteroatoms. The molecule has 2 rings (SSSR count). The topological polar surface area (TPSA) is 88.2 Å². The van der Waals surface area contributed by atoms with E-state index < -0.39 is 0 Å². The molecule has 0 aliphatic heterocycles. The van der Waals surface area contributed by atoms with Crippen molar-refractivity contribution in [1.29, 1.82) is 0 Å². The Balaban J connectivity index is 1.77. The molecule has 25 heavy (non-hydrogen) atoms. The molecule has 2 aromatic rings. The first-order valence-electron chi connectivity index (χ1n) is 8.58. The van der Waals surface area contributed by atoms with Gasteiger partial charge in [-0.1, -0.05) is 11.2 Å². The van der Waals surface area contributed by atoms with Gasteiger partial charge >= 0.3 is 0 Å². The van der Waals surface area contributed by atoms with Gasteiger partial charge in [0.25, 0.3) is 5.89 Å². The molecule has 0 aliphatic rings. The van der Waals surface area contributed by atoms with Gasteiger partial charge in [-0.05, 0) is 43.9 Å². The number of hydrogen-bond acceptors (Lipinski definition) is 6. The third-order valence-corrected chi connectivity index (χ3v) is 4.06. The largest absolute Gasteiger partial charge is 0.357 e. The van der Waals surface area contributed by atoms with E-state index in [9.17, 15) is 0 Å². The van der Waals surface area contributed by atoms with Crippen LogP contribution in [-0.4, -0.2) is 52.7 Å². The molecule has 0 radical (unpaired) electrons. The fourth-order valence-electron chi connectivity index (χ4n) is 2.13. The summed E-state index contributed by atoms with van der Waals surface area (Å²) in [6, 6.07) is 5.60. The van der Waals surface area contributed by atoms with E-state index in [0.717, 1.165) is 25.5 Å². The standard InChI is InChI=1S/C17H26N6OS/c1-3-18-17(20-11-6-7-13-25-2)21-12-9-15-22-16(24-23-15)14-8-4-5-10-19-14/h4-5,8,10H,3,6-7,9,11-13H2,1-2H3,(H2,18,20,21). The zero-order valence-electron chi connectivity index (χ0n) is 14.9. The Labute approximate surface area is 153 Å². The van der Waals surface area contributed by atoms with Crippen LogP contribution in [0.3, 0.4) is 0 Å². The summed E-state index contributed by atoms with van der Waals surface area (Å²) in [5, 5.41) is 10.6. The molecule has 0 saturated heterocycles. The van der Waals surface area contributed by atoms with E-state index in [2.05, 4.69) is 43.9 Å². The number of nitrogens with one attached hydrogen (secondary N) is 2. The van der Waals surface area contributed by atoms with Gasteiger partial charge in [0.1, 0.15) is 5.69 Å². The number of unbranched alkanes of at least 4 members (excludes halogenated alkanes) is 1. The summed E-state index contributed by atoms with van der Waals surface area (Å²) in [5.74, 6) is 3.13. The highest BCUT2D eigenvalue weighted by Gasteiger charge is 2.09. The minimum absolute atomic E-state index is 0.449. The normalized spacial score (nSPS) is 11.5. The average Bonchev–Trinajstić information content (AvgIpc) is 3.11. The van der Waals surface area contributed by atoms with Crippen molar-refractivity contribution in [2.75, 3.05) is 31.6 Å². The Kier molecular flexibility index (Phi) is 8.82. The summed E-state index contributed by atoms with van der Waals surface area (Å²) in [7, 11) is 0. The fraction of sp³-hybridized carbons (Fsp3) is 0.529. The first-order valence-corrected chi connectivity index (χ1v) is 9.98. The van der Waals surface area contributed by atoms with Gasteiger partial charge in [-0.25, -0.2) is 0 Å². The van der Waals surface area contributed by atoms with E-state index in [-0.39, 0.29) is 0 Å². The molecule has 136 valence electrons. The molecule has 0 fully saturated rings. The molecule has 0 bridgehead atoms. The third-order valence-electron chi connectivity index (χ3n) is 3.36. The summed E-state index contributed by atoms with van der Waals surface area (Å²) in [4.78, 5) is 13.2. The highest BCUT2D eigenvalue weighted by molar-refractivity contribution is 7.98. The number of aliphatic imine (C=N–C) groups is 1. The molecule has 2 N–H and O–H groups in total. The lowest BCUT2D eigenvalue weighted by molar-refractivity contribution is 0.421. The summed E-state index contributed by atoms with van der Waals surface area (Å²) >= 11 is 1.88. The fourth-order valence-corrected chi connectivity index (χ4v) is 2.63. The first-order chi connectivity index (χ1) is 12.3. The van der Waals surface area contributed by atoms with Gasteiger partial charge in [0.15, 0.2) is 11.8 Å². The van der Waals surface area contributed by atoms with Gasteiger partial charge in [0.05, 0.1) is 0 Å². The lowest BCUT2D eigenvalue weighted by atomic mass is 10.3. The molecule has 0 saturated carbocycles. The van der Waals surface area contributed by atoms with E-state index in [1.54, 1.807) is 6.20 Å². The van der Waals surface area contributed by atoms with Crippen molar-refractivity contribution in [2.24, 2.45) is 4.99 Å². The van der Waals surface area contributed by atoms with Gasteiger partial charge in [-0.2, -0.15) is 16.7 Å². The number of thioether (sulfide) groups is 1. The van der Waals surface area contributed by atoms with Crippen molar-refractivity contribution in [3.8, 4) is 11.6 Å². The minimum atomic E-state index is 0.449. The second-order valence-corrected chi connectivity index (χ2v) is 6.35. The predicted molar refractivity (Wildman–Crippen MR) is 103 cm³/mol. The van der Waals surface area contributed by atoms with Crippen molar-refractivity contribution in [3.63, 3.8) is 0 Å². The molecular formula is C17H26N6OS. The van der Waals surface area contributed by atoms with Crippen molar-refractivity contribution < 1.29 is 4.52 Å². The van der Waals surface area contributed by atoms with Crippen LogP contribution in [0.5, 0.6) is 0 Å². The minimum Gasteiger partial charge on any atom is -0.357 e. The maximum Gasteiger partial charge on any atom is 0.276 e. The Bertz CT molecular complexity index is 631. The summed E-state index contributed by atoms with van der Waals surface area (Å²) in [6.07, 6.45) is 6.80. The Morgan fingerprint density at radius 3 is 2.96 bits per heavy atom. The molecule has 7 nitrogen and oxygen atoms in total. The quantitative estimate of drug-likeness (QED) is 0.381. The number of guanidine groups is 1. The molecule has 0 unspecified atom stereocenters. The lowest BCUT2D eigenvalue weighted by Crippen LogP contribution is -2.38. The van der Waals surface area contributed by atoms with E-state index >= 15 is 0 Å². The maximum absolute atomic E-state index is 5.26. The average molecular weight is 363 g/mol. The van der Waals surface area contributed by atoms with E-state index in [0.29, 0.717) is 30.4 Å². The van der Waals surface area contributed by atoms with Crippen LogP contribution in [0.2, 0.25) is 0 Å². The number of rotatable bonds is 10. The highest BCUT2D eigenvalue weighted by Crippen LogP contribution is 2.13. The summed E-state index contributed by atoms with van der Waals surface area (Å²) in [5.41, 5.74) is 0.689. The van der Waals surface area contributed by atoms with Crippen LogP contribution in [0, 0.1) is 0 Å². The Morgan fingerprint density at radius 2 is 2.20 bits per heavy atom.